The summed E-state index contributed by atoms with van der Waals surface area (Å²) in [5, 5.41) is 3.56. The standard InChI is InChI=1S/C15H24N2O3S/c1-15(2)11-20-8-7-14(15)16-10-12-5-4-6-13(9-12)17-21(3,18)19/h4-6,9,14,16-17H,7-8,10-11H2,1-3H3. The quantitative estimate of drug-likeness (QED) is 0.872. The van der Waals surface area contributed by atoms with Crippen molar-refractivity contribution in [1.82, 2.24) is 5.32 Å². The summed E-state index contributed by atoms with van der Waals surface area (Å²) in [5.74, 6) is 0. The molecule has 1 aliphatic heterocycles. The van der Waals surface area contributed by atoms with Gasteiger partial charge in [-0.1, -0.05) is 26.0 Å². The number of ether oxygens (including phenoxy) is 1. The van der Waals surface area contributed by atoms with Crippen LogP contribution in [0.25, 0.3) is 0 Å². The molecule has 5 nitrogen and oxygen atoms in total. The van der Waals surface area contributed by atoms with Crippen LogP contribution in [0.3, 0.4) is 0 Å². The second-order valence-electron chi connectivity index (χ2n) is 6.34. The molecule has 1 aromatic rings. The van der Waals surface area contributed by atoms with Gasteiger partial charge in [-0.15, -0.1) is 0 Å². The molecule has 6 heteroatoms. The lowest BCUT2D eigenvalue weighted by Gasteiger charge is -2.39. The maximum absolute atomic E-state index is 11.3. The van der Waals surface area contributed by atoms with Crippen molar-refractivity contribution in [2.75, 3.05) is 24.2 Å². The first-order valence-electron chi connectivity index (χ1n) is 7.14. The van der Waals surface area contributed by atoms with Crippen molar-refractivity contribution in [3.63, 3.8) is 0 Å². The van der Waals surface area contributed by atoms with E-state index < -0.39 is 10.0 Å². The minimum atomic E-state index is -3.23. The Morgan fingerprint density at radius 1 is 1.38 bits per heavy atom. The number of hydrogen-bond donors (Lipinski definition) is 2. The third-order valence-corrected chi connectivity index (χ3v) is 4.36. The second kappa shape index (κ2) is 6.34. The molecule has 21 heavy (non-hydrogen) atoms. The lowest BCUT2D eigenvalue weighted by Crippen LogP contribution is -2.48. The van der Waals surface area contributed by atoms with Gasteiger partial charge in [-0.25, -0.2) is 8.42 Å². The molecule has 0 bridgehead atoms. The normalized spacial score (nSPS) is 22.0. The zero-order valence-electron chi connectivity index (χ0n) is 12.8. The van der Waals surface area contributed by atoms with Crippen molar-refractivity contribution < 1.29 is 13.2 Å². The molecule has 1 aliphatic rings. The van der Waals surface area contributed by atoms with Crippen molar-refractivity contribution in [3.8, 4) is 0 Å². The number of hydrogen-bond acceptors (Lipinski definition) is 4. The molecular weight excluding hydrogens is 288 g/mol. The minimum Gasteiger partial charge on any atom is -0.381 e. The smallest absolute Gasteiger partial charge is 0.229 e. The van der Waals surface area contributed by atoms with Gasteiger partial charge in [0.15, 0.2) is 0 Å². The van der Waals surface area contributed by atoms with Gasteiger partial charge in [0.25, 0.3) is 0 Å². The third-order valence-electron chi connectivity index (χ3n) is 3.75. The van der Waals surface area contributed by atoms with Gasteiger partial charge in [-0.05, 0) is 24.1 Å². The fourth-order valence-electron chi connectivity index (χ4n) is 2.61. The highest BCUT2D eigenvalue weighted by Gasteiger charge is 2.32. The molecule has 1 saturated heterocycles. The van der Waals surface area contributed by atoms with E-state index in [2.05, 4.69) is 23.9 Å². The Balaban J connectivity index is 1.98. The van der Waals surface area contributed by atoms with Crippen LogP contribution in [0, 0.1) is 5.41 Å². The summed E-state index contributed by atoms with van der Waals surface area (Å²) in [6.45, 7) is 6.67. The Bertz CT molecular complexity index is 584. The predicted octanol–water partition coefficient (Wildman–Crippen LogP) is 1.96. The molecule has 0 amide bonds. The van der Waals surface area contributed by atoms with Crippen LogP contribution >= 0.6 is 0 Å². The number of benzene rings is 1. The Kier molecular flexibility index (Phi) is 4.91. The van der Waals surface area contributed by atoms with Gasteiger partial charge < -0.3 is 10.1 Å². The second-order valence-corrected chi connectivity index (χ2v) is 8.09. The van der Waals surface area contributed by atoms with Crippen molar-refractivity contribution in [1.29, 1.82) is 0 Å². The highest BCUT2D eigenvalue weighted by molar-refractivity contribution is 7.92. The fraction of sp³-hybridized carbons (Fsp3) is 0.600. The van der Waals surface area contributed by atoms with E-state index in [9.17, 15) is 8.42 Å². The highest BCUT2D eigenvalue weighted by atomic mass is 32.2. The number of anilines is 1. The predicted molar refractivity (Wildman–Crippen MR) is 84.8 cm³/mol. The average molecular weight is 312 g/mol. The molecule has 1 aromatic carbocycles. The monoisotopic (exact) mass is 312 g/mol. The third kappa shape index (κ3) is 4.98. The molecule has 0 saturated carbocycles. The minimum absolute atomic E-state index is 0.112. The zero-order chi connectivity index (χ0) is 15.5. The summed E-state index contributed by atoms with van der Waals surface area (Å²) in [6, 6.07) is 7.87. The summed E-state index contributed by atoms with van der Waals surface area (Å²) in [4.78, 5) is 0. The first kappa shape index (κ1) is 16.3. The summed E-state index contributed by atoms with van der Waals surface area (Å²) in [5.41, 5.74) is 1.77. The van der Waals surface area contributed by atoms with Crippen LogP contribution in [0.1, 0.15) is 25.8 Å². The van der Waals surface area contributed by atoms with E-state index in [1.165, 1.54) is 0 Å². The first-order chi connectivity index (χ1) is 9.76. The molecule has 2 rings (SSSR count). The molecule has 1 unspecified atom stereocenters. The lowest BCUT2D eigenvalue weighted by atomic mass is 9.82. The van der Waals surface area contributed by atoms with Crippen LogP contribution in [-0.4, -0.2) is 33.9 Å². The molecule has 118 valence electrons. The molecule has 2 N–H and O–H groups in total. The van der Waals surface area contributed by atoms with Gasteiger partial charge in [-0.2, -0.15) is 0 Å². The molecule has 0 radical (unpaired) electrons. The Hall–Kier alpha value is -1.11. The average Bonchev–Trinajstić information content (AvgIpc) is 2.35. The largest absolute Gasteiger partial charge is 0.381 e. The van der Waals surface area contributed by atoms with Crippen molar-refractivity contribution in [2.24, 2.45) is 5.41 Å². The molecule has 1 heterocycles. The topological polar surface area (TPSA) is 67.4 Å². The van der Waals surface area contributed by atoms with Gasteiger partial charge in [-0.3, -0.25) is 4.72 Å². The molecule has 1 fully saturated rings. The van der Waals surface area contributed by atoms with Gasteiger partial charge in [0, 0.05) is 30.3 Å². The van der Waals surface area contributed by atoms with Crippen LogP contribution in [0.4, 0.5) is 5.69 Å². The van der Waals surface area contributed by atoms with E-state index >= 15 is 0 Å². The first-order valence-corrected chi connectivity index (χ1v) is 9.03. The van der Waals surface area contributed by atoms with Crippen LogP contribution in [0.15, 0.2) is 24.3 Å². The van der Waals surface area contributed by atoms with Gasteiger partial charge in [0.1, 0.15) is 0 Å². The molecule has 0 aliphatic carbocycles. The maximum Gasteiger partial charge on any atom is 0.229 e. The molecule has 0 aromatic heterocycles. The molecular formula is C15H24N2O3S. The van der Waals surface area contributed by atoms with Crippen LogP contribution in [-0.2, 0) is 21.3 Å². The summed E-state index contributed by atoms with van der Waals surface area (Å²) >= 11 is 0. The highest BCUT2D eigenvalue weighted by Crippen LogP contribution is 2.27. The summed E-state index contributed by atoms with van der Waals surface area (Å²) < 4.78 is 30.5. The van der Waals surface area contributed by atoms with Crippen molar-refractivity contribution in [2.45, 2.75) is 32.9 Å². The van der Waals surface area contributed by atoms with Crippen LogP contribution in [0.5, 0.6) is 0 Å². The van der Waals surface area contributed by atoms with Gasteiger partial charge in [0.05, 0.1) is 12.9 Å². The van der Waals surface area contributed by atoms with Crippen molar-refractivity contribution >= 4 is 15.7 Å². The van der Waals surface area contributed by atoms with E-state index in [-0.39, 0.29) is 5.41 Å². The van der Waals surface area contributed by atoms with Crippen molar-refractivity contribution in [3.05, 3.63) is 29.8 Å². The Morgan fingerprint density at radius 2 is 2.14 bits per heavy atom. The van der Waals surface area contributed by atoms with Crippen LogP contribution in [0.2, 0.25) is 0 Å². The fourth-order valence-corrected chi connectivity index (χ4v) is 3.16. The van der Waals surface area contributed by atoms with Crippen LogP contribution < -0.4 is 10.0 Å². The molecule has 1 atom stereocenters. The summed E-state index contributed by atoms with van der Waals surface area (Å²) in [7, 11) is -3.23. The van der Waals surface area contributed by atoms with E-state index in [1.807, 2.05) is 18.2 Å². The van der Waals surface area contributed by atoms with E-state index in [0.29, 0.717) is 18.3 Å². The maximum atomic E-state index is 11.3. The number of nitrogens with one attached hydrogen (secondary N) is 2. The van der Waals surface area contributed by atoms with E-state index in [0.717, 1.165) is 31.5 Å². The van der Waals surface area contributed by atoms with E-state index in [4.69, 9.17) is 4.74 Å². The van der Waals surface area contributed by atoms with E-state index in [1.54, 1.807) is 6.07 Å². The van der Waals surface area contributed by atoms with Gasteiger partial charge >= 0.3 is 0 Å². The lowest BCUT2D eigenvalue weighted by molar-refractivity contribution is -0.0135. The molecule has 0 spiro atoms. The Morgan fingerprint density at radius 3 is 2.81 bits per heavy atom. The SMILES string of the molecule is CC1(C)COCCC1NCc1cccc(NS(C)(=O)=O)c1. The van der Waals surface area contributed by atoms with Gasteiger partial charge in [0.2, 0.25) is 10.0 Å². The number of rotatable bonds is 5. The summed E-state index contributed by atoms with van der Waals surface area (Å²) in [6.07, 6.45) is 2.15. The number of sulfonamides is 1. The Labute approximate surface area is 127 Å². The zero-order valence-corrected chi connectivity index (χ0v) is 13.7.